The van der Waals surface area contributed by atoms with Crippen LogP contribution in [0, 0.1) is 0 Å². The monoisotopic (exact) mass is 266 g/mol. The van der Waals surface area contributed by atoms with Crippen LogP contribution >= 0.6 is 0 Å². The minimum Gasteiger partial charge on any atom is -0.312 e. The van der Waals surface area contributed by atoms with E-state index < -0.39 is 0 Å². The Hall–Kier alpha value is -2.20. The number of aryl methyl sites for hydroxylation is 1. The molecule has 3 rings (SSSR count). The third-order valence-electron chi connectivity index (χ3n) is 3.32. The molecule has 0 aliphatic heterocycles. The molecule has 0 aliphatic carbocycles. The first-order chi connectivity index (χ1) is 9.81. The molecule has 0 radical (unpaired) electrons. The van der Waals surface area contributed by atoms with Gasteiger partial charge in [-0.3, -0.25) is 9.67 Å². The molecule has 0 spiro atoms. The van der Waals surface area contributed by atoms with Crippen LogP contribution in [-0.2, 0) is 20.0 Å². The van der Waals surface area contributed by atoms with Gasteiger partial charge >= 0.3 is 0 Å². The lowest BCUT2D eigenvalue weighted by atomic mass is 10.1. The van der Waals surface area contributed by atoms with Gasteiger partial charge < -0.3 is 5.32 Å². The van der Waals surface area contributed by atoms with Gasteiger partial charge in [-0.1, -0.05) is 12.1 Å². The van der Waals surface area contributed by atoms with E-state index in [0.717, 1.165) is 30.7 Å². The summed E-state index contributed by atoms with van der Waals surface area (Å²) in [6.45, 7) is 1.81. The summed E-state index contributed by atoms with van der Waals surface area (Å²) in [6.07, 6.45) is 4.76. The van der Waals surface area contributed by atoms with Crippen molar-refractivity contribution in [3.05, 3.63) is 60.0 Å². The topological polar surface area (TPSA) is 42.7 Å². The van der Waals surface area contributed by atoms with Crippen LogP contribution in [0.2, 0.25) is 0 Å². The fraction of sp³-hybridized carbons (Fsp3) is 0.250. The first-order valence-electron chi connectivity index (χ1n) is 6.84. The summed E-state index contributed by atoms with van der Waals surface area (Å²) in [4.78, 5) is 4.33. The van der Waals surface area contributed by atoms with Gasteiger partial charge in [0, 0.05) is 44.3 Å². The molecule has 0 aliphatic rings. The number of benzene rings is 1. The molecule has 4 heteroatoms. The average molecular weight is 266 g/mol. The number of hydrogen-bond acceptors (Lipinski definition) is 3. The Kier molecular flexibility index (Phi) is 3.74. The largest absolute Gasteiger partial charge is 0.312 e. The molecule has 1 N–H and O–H groups in total. The van der Waals surface area contributed by atoms with Gasteiger partial charge in [-0.25, -0.2) is 0 Å². The lowest BCUT2D eigenvalue weighted by Crippen LogP contribution is -2.16. The molecule has 0 fully saturated rings. The molecule has 2 heterocycles. The second-order valence-corrected chi connectivity index (χ2v) is 4.94. The molecular weight excluding hydrogens is 248 g/mol. The van der Waals surface area contributed by atoms with Gasteiger partial charge in [0.05, 0.1) is 11.2 Å². The molecule has 0 atom stereocenters. The summed E-state index contributed by atoms with van der Waals surface area (Å²) < 4.78 is 1.84. The second-order valence-electron chi connectivity index (χ2n) is 4.94. The van der Waals surface area contributed by atoms with E-state index in [9.17, 15) is 0 Å². The molecule has 0 saturated carbocycles. The number of hydrogen-bond donors (Lipinski definition) is 1. The second kappa shape index (κ2) is 5.84. The number of pyridine rings is 1. The van der Waals surface area contributed by atoms with Crippen LogP contribution in [0.5, 0.6) is 0 Å². The molecule has 0 saturated heterocycles. The molecule has 4 nitrogen and oxygen atoms in total. The van der Waals surface area contributed by atoms with Crippen molar-refractivity contribution in [3.63, 3.8) is 0 Å². The Morgan fingerprint density at radius 1 is 1.20 bits per heavy atom. The first-order valence-corrected chi connectivity index (χ1v) is 6.84. The zero-order valence-corrected chi connectivity index (χ0v) is 11.6. The van der Waals surface area contributed by atoms with E-state index in [2.05, 4.69) is 45.7 Å². The molecule has 0 bridgehead atoms. The van der Waals surface area contributed by atoms with Crippen LogP contribution < -0.4 is 5.32 Å². The highest BCUT2D eigenvalue weighted by molar-refractivity contribution is 5.78. The van der Waals surface area contributed by atoms with E-state index in [-0.39, 0.29) is 0 Å². The maximum absolute atomic E-state index is 4.36. The third kappa shape index (κ3) is 3.03. The van der Waals surface area contributed by atoms with E-state index in [0.29, 0.717) is 0 Å². The standard InChI is InChI=1S/C16H18N4/c1-20-10-7-15(19-20)6-9-17-12-13-4-5-16-14(11-13)3-2-8-18-16/h2-5,7-8,10-11,17H,6,9,12H2,1H3. The minimum absolute atomic E-state index is 0.873. The van der Waals surface area contributed by atoms with Crippen molar-refractivity contribution < 1.29 is 0 Å². The summed E-state index contributed by atoms with van der Waals surface area (Å²) >= 11 is 0. The molecule has 3 aromatic rings. The quantitative estimate of drug-likeness (QED) is 0.721. The molecule has 0 unspecified atom stereocenters. The Bertz CT molecular complexity index is 702. The lowest BCUT2D eigenvalue weighted by Gasteiger charge is -2.05. The van der Waals surface area contributed by atoms with Gasteiger partial charge in [-0.05, 0) is 29.8 Å². The number of nitrogens with one attached hydrogen (secondary N) is 1. The summed E-state index contributed by atoms with van der Waals surface area (Å²) in [5, 5.41) is 9.01. The molecular formula is C16H18N4. The maximum Gasteiger partial charge on any atom is 0.0702 e. The summed E-state index contributed by atoms with van der Waals surface area (Å²) in [7, 11) is 1.94. The Balaban J connectivity index is 1.54. The van der Waals surface area contributed by atoms with Crippen molar-refractivity contribution in [1.82, 2.24) is 20.1 Å². The van der Waals surface area contributed by atoms with Crippen molar-refractivity contribution in [2.75, 3.05) is 6.54 Å². The van der Waals surface area contributed by atoms with Crippen LogP contribution in [-0.4, -0.2) is 21.3 Å². The Morgan fingerprint density at radius 2 is 2.15 bits per heavy atom. The van der Waals surface area contributed by atoms with Gasteiger partial charge in [0.2, 0.25) is 0 Å². The van der Waals surface area contributed by atoms with Crippen molar-refractivity contribution >= 4 is 10.9 Å². The van der Waals surface area contributed by atoms with Crippen molar-refractivity contribution in [2.45, 2.75) is 13.0 Å². The van der Waals surface area contributed by atoms with Gasteiger partial charge in [-0.15, -0.1) is 0 Å². The van der Waals surface area contributed by atoms with Crippen LogP contribution in [0.1, 0.15) is 11.3 Å². The fourth-order valence-electron chi connectivity index (χ4n) is 2.28. The predicted octanol–water partition coefficient (Wildman–Crippen LogP) is 2.30. The first kappa shape index (κ1) is 12.8. The van der Waals surface area contributed by atoms with Crippen molar-refractivity contribution in [1.29, 1.82) is 0 Å². The molecule has 1 aromatic carbocycles. The number of aromatic nitrogens is 3. The third-order valence-corrected chi connectivity index (χ3v) is 3.32. The Morgan fingerprint density at radius 3 is 3.00 bits per heavy atom. The smallest absolute Gasteiger partial charge is 0.0702 e. The van der Waals surface area contributed by atoms with Gasteiger partial charge in [0.1, 0.15) is 0 Å². The van der Waals surface area contributed by atoms with Crippen LogP contribution in [0.15, 0.2) is 48.8 Å². The van der Waals surface area contributed by atoms with E-state index in [4.69, 9.17) is 0 Å². The zero-order valence-electron chi connectivity index (χ0n) is 11.6. The maximum atomic E-state index is 4.36. The van der Waals surface area contributed by atoms with E-state index in [1.165, 1.54) is 10.9 Å². The highest BCUT2D eigenvalue weighted by Gasteiger charge is 1.99. The van der Waals surface area contributed by atoms with Gasteiger partial charge in [-0.2, -0.15) is 5.10 Å². The highest BCUT2D eigenvalue weighted by atomic mass is 15.2. The molecule has 2 aromatic heterocycles. The van der Waals surface area contributed by atoms with Crippen LogP contribution in [0.25, 0.3) is 10.9 Å². The summed E-state index contributed by atoms with van der Waals surface area (Å²) in [5.74, 6) is 0. The molecule has 102 valence electrons. The number of rotatable bonds is 5. The minimum atomic E-state index is 0.873. The highest BCUT2D eigenvalue weighted by Crippen LogP contribution is 2.13. The average Bonchev–Trinajstić information content (AvgIpc) is 2.89. The molecule has 0 amide bonds. The van der Waals surface area contributed by atoms with E-state index >= 15 is 0 Å². The van der Waals surface area contributed by atoms with E-state index in [1.807, 2.05) is 30.2 Å². The number of nitrogens with zero attached hydrogens (tertiary/aromatic N) is 3. The normalized spacial score (nSPS) is 11.1. The van der Waals surface area contributed by atoms with Crippen LogP contribution in [0.4, 0.5) is 0 Å². The van der Waals surface area contributed by atoms with Crippen LogP contribution in [0.3, 0.4) is 0 Å². The number of fused-ring (bicyclic) bond motifs is 1. The van der Waals surface area contributed by atoms with Gasteiger partial charge in [0.25, 0.3) is 0 Å². The van der Waals surface area contributed by atoms with Crippen molar-refractivity contribution in [3.8, 4) is 0 Å². The zero-order chi connectivity index (χ0) is 13.8. The van der Waals surface area contributed by atoms with Gasteiger partial charge in [0.15, 0.2) is 0 Å². The fourth-order valence-corrected chi connectivity index (χ4v) is 2.28. The van der Waals surface area contributed by atoms with E-state index in [1.54, 1.807) is 0 Å². The molecule has 20 heavy (non-hydrogen) atoms. The SMILES string of the molecule is Cn1ccc(CCNCc2ccc3ncccc3c2)n1. The Labute approximate surface area is 118 Å². The predicted molar refractivity (Wildman–Crippen MR) is 80.4 cm³/mol. The summed E-state index contributed by atoms with van der Waals surface area (Å²) in [6, 6.07) is 12.5. The lowest BCUT2D eigenvalue weighted by molar-refractivity contribution is 0.666. The summed E-state index contributed by atoms with van der Waals surface area (Å²) in [5.41, 5.74) is 3.46. The van der Waals surface area contributed by atoms with Crippen molar-refractivity contribution in [2.24, 2.45) is 7.05 Å².